The second-order valence-corrected chi connectivity index (χ2v) is 2.14. The molecule has 3 nitrogen and oxygen atoms in total. The number of halogens is 2. The number of ether oxygens (including phenoxy) is 1. The third-order valence-corrected chi connectivity index (χ3v) is 1.36. The van der Waals surface area contributed by atoms with E-state index in [1.807, 2.05) is 24.3 Å². The first kappa shape index (κ1) is 11.6. The summed E-state index contributed by atoms with van der Waals surface area (Å²) in [7, 11) is 1.62. The molecule has 1 aromatic rings. The molecular formula is C7H10BrClN2O. The molecule has 0 saturated carbocycles. The Morgan fingerprint density at radius 3 is 2.75 bits per heavy atom. The molecule has 0 bridgehead atoms. The van der Waals surface area contributed by atoms with Gasteiger partial charge in [0.1, 0.15) is 5.75 Å². The lowest BCUT2D eigenvalue weighted by molar-refractivity contribution is 0.415. The summed E-state index contributed by atoms with van der Waals surface area (Å²) in [5, 5.41) is 0. The molecule has 1 rings (SSSR count). The molecule has 1 aromatic carbocycles. The van der Waals surface area contributed by atoms with Crippen molar-refractivity contribution in [1.82, 2.24) is 4.94 Å². The van der Waals surface area contributed by atoms with E-state index < -0.39 is 0 Å². The topological polar surface area (TPSA) is 33.3 Å². The molecule has 0 fully saturated rings. The van der Waals surface area contributed by atoms with Gasteiger partial charge in [0.05, 0.1) is 12.8 Å². The van der Waals surface area contributed by atoms with Crippen LogP contribution in [0.25, 0.3) is 0 Å². The van der Waals surface area contributed by atoms with Crippen LogP contribution >= 0.6 is 28.8 Å². The van der Waals surface area contributed by atoms with Gasteiger partial charge in [0.25, 0.3) is 0 Å². The molecule has 0 aliphatic carbocycles. The highest BCUT2D eigenvalue weighted by Gasteiger charge is 1.91. The zero-order valence-corrected chi connectivity index (χ0v) is 8.97. The number of methoxy groups -OCH3 is 1. The predicted octanol–water partition coefficient (Wildman–Crippen LogP) is 2.34. The standard InChI is InChI=1S/C7H9ClN2O.BrH/c1-11-7-4-2-3-6(5-7)9-10-8;/h2-5,9-10H,1H3;1H. The van der Waals surface area contributed by atoms with Crippen molar-refractivity contribution in [3.8, 4) is 5.75 Å². The fourth-order valence-electron chi connectivity index (χ4n) is 0.755. The van der Waals surface area contributed by atoms with Gasteiger partial charge in [-0.25, -0.2) is 0 Å². The summed E-state index contributed by atoms with van der Waals surface area (Å²) in [6.07, 6.45) is 0. The normalized spacial score (nSPS) is 8.50. The van der Waals surface area contributed by atoms with Crippen molar-refractivity contribution in [2.24, 2.45) is 0 Å². The number of hydrogen-bond acceptors (Lipinski definition) is 3. The van der Waals surface area contributed by atoms with E-state index in [4.69, 9.17) is 16.5 Å². The first-order valence-electron chi connectivity index (χ1n) is 3.12. The molecule has 0 unspecified atom stereocenters. The zero-order valence-electron chi connectivity index (χ0n) is 6.50. The van der Waals surface area contributed by atoms with Gasteiger partial charge in [-0.1, -0.05) is 6.07 Å². The van der Waals surface area contributed by atoms with Crippen LogP contribution in [-0.4, -0.2) is 7.11 Å². The average Bonchev–Trinajstić information content (AvgIpc) is 2.06. The van der Waals surface area contributed by atoms with E-state index in [1.165, 1.54) is 0 Å². The SMILES string of the molecule is Br.COc1cccc(NNCl)c1. The van der Waals surface area contributed by atoms with Crippen LogP contribution in [0.15, 0.2) is 24.3 Å². The van der Waals surface area contributed by atoms with Gasteiger partial charge in [-0.3, -0.25) is 0 Å². The van der Waals surface area contributed by atoms with Crippen LogP contribution in [0, 0.1) is 0 Å². The summed E-state index contributed by atoms with van der Waals surface area (Å²) >= 11 is 5.23. The van der Waals surface area contributed by atoms with E-state index in [1.54, 1.807) is 7.11 Å². The minimum Gasteiger partial charge on any atom is -0.497 e. The van der Waals surface area contributed by atoms with Crippen LogP contribution in [0.2, 0.25) is 0 Å². The van der Waals surface area contributed by atoms with Gasteiger partial charge in [0, 0.05) is 6.07 Å². The van der Waals surface area contributed by atoms with Crippen molar-refractivity contribution >= 4 is 34.4 Å². The summed E-state index contributed by atoms with van der Waals surface area (Å²) < 4.78 is 4.99. The fourth-order valence-corrected chi connectivity index (χ4v) is 0.864. The highest BCUT2D eigenvalue weighted by atomic mass is 79.9. The van der Waals surface area contributed by atoms with Crippen molar-refractivity contribution < 1.29 is 4.74 Å². The van der Waals surface area contributed by atoms with Crippen LogP contribution in [0.5, 0.6) is 5.75 Å². The summed E-state index contributed by atoms with van der Waals surface area (Å²) in [5.41, 5.74) is 3.58. The van der Waals surface area contributed by atoms with Gasteiger partial charge >= 0.3 is 0 Å². The molecule has 0 aliphatic heterocycles. The summed E-state index contributed by atoms with van der Waals surface area (Å²) in [6.45, 7) is 0. The van der Waals surface area contributed by atoms with Gasteiger partial charge in [0.2, 0.25) is 0 Å². The van der Waals surface area contributed by atoms with Crippen LogP contribution in [0.3, 0.4) is 0 Å². The van der Waals surface area contributed by atoms with Crippen molar-refractivity contribution in [3.05, 3.63) is 24.3 Å². The molecule has 0 radical (unpaired) electrons. The monoisotopic (exact) mass is 252 g/mol. The van der Waals surface area contributed by atoms with Gasteiger partial charge < -0.3 is 10.2 Å². The zero-order chi connectivity index (χ0) is 8.10. The first-order valence-corrected chi connectivity index (χ1v) is 3.50. The third kappa shape index (κ3) is 3.30. The molecule has 0 heterocycles. The molecule has 68 valence electrons. The van der Waals surface area contributed by atoms with E-state index >= 15 is 0 Å². The van der Waals surface area contributed by atoms with Crippen molar-refractivity contribution in [2.75, 3.05) is 12.5 Å². The Morgan fingerprint density at radius 2 is 2.17 bits per heavy atom. The minimum absolute atomic E-state index is 0. The van der Waals surface area contributed by atoms with Crippen LogP contribution < -0.4 is 15.1 Å². The molecule has 2 N–H and O–H groups in total. The predicted molar refractivity (Wildman–Crippen MR) is 55.9 cm³/mol. The molecule has 0 saturated heterocycles. The maximum absolute atomic E-state index is 5.23. The average molecular weight is 254 g/mol. The Labute approximate surface area is 86.9 Å². The molecule has 0 atom stereocenters. The first-order chi connectivity index (χ1) is 5.36. The number of hydrazine groups is 1. The number of hydrogen-bond donors (Lipinski definition) is 2. The fraction of sp³-hybridized carbons (Fsp3) is 0.143. The molecule has 12 heavy (non-hydrogen) atoms. The molecule has 0 aliphatic rings. The van der Waals surface area contributed by atoms with Crippen molar-refractivity contribution in [3.63, 3.8) is 0 Å². The maximum Gasteiger partial charge on any atom is 0.120 e. The van der Waals surface area contributed by atoms with Gasteiger partial charge in [-0.2, -0.15) is 0 Å². The van der Waals surface area contributed by atoms with Crippen LogP contribution in [0.1, 0.15) is 0 Å². The van der Waals surface area contributed by atoms with Gasteiger partial charge in [-0.15, -0.1) is 21.9 Å². The summed E-state index contributed by atoms with van der Waals surface area (Å²) in [6, 6.07) is 7.43. The van der Waals surface area contributed by atoms with Gasteiger partial charge in [-0.05, 0) is 23.9 Å². The summed E-state index contributed by atoms with van der Waals surface area (Å²) in [4.78, 5) is 2.30. The third-order valence-electron chi connectivity index (χ3n) is 1.26. The number of rotatable bonds is 3. The van der Waals surface area contributed by atoms with Crippen molar-refractivity contribution in [2.45, 2.75) is 0 Å². The Bertz CT molecular complexity index is 234. The van der Waals surface area contributed by atoms with E-state index in [9.17, 15) is 0 Å². The second-order valence-electron chi connectivity index (χ2n) is 1.95. The Kier molecular flexibility index (Phi) is 5.88. The molecule has 5 heteroatoms. The van der Waals surface area contributed by atoms with Gasteiger partial charge in [0.15, 0.2) is 0 Å². The summed E-state index contributed by atoms with van der Waals surface area (Å²) in [5.74, 6) is 0.793. The molecular weight excluding hydrogens is 243 g/mol. The second kappa shape index (κ2) is 6.11. The molecule has 0 spiro atoms. The number of anilines is 1. The lowest BCUT2D eigenvalue weighted by Crippen LogP contribution is -2.08. The lowest BCUT2D eigenvalue weighted by Gasteiger charge is -2.03. The number of benzene rings is 1. The quantitative estimate of drug-likeness (QED) is 0.641. The van der Waals surface area contributed by atoms with E-state index in [2.05, 4.69) is 10.4 Å². The largest absolute Gasteiger partial charge is 0.497 e. The lowest BCUT2D eigenvalue weighted by atomic mass is 10.3. The maximum atomic E-state index is 5.23. The highest BCUT2D eigenvalue weighted by Crippen LogP contribution is 2.15. The number of nitrogens with one attached hydrogen (secondary N) is 2. The Balaban J connectivity index is 0.00000121. The minimum atomic E-state index is 0. The highest BCUT2D eigenvalue weighted by molar-refractivity contribution is 8.93. The Morgan fingerprint density at radius 1 is 1.42 bits per heavy atom. The smallest absolute Gasteiger partial charge is 0.120 e. The Hall–Kier alpha value is -0.450. The molecule has 0 aromatic heterocycles. The van der Waals surface area contributed by atoms with E-state index in [0.29, 0.717) is 0 Å². The van der Waals surface area contributed by atoms with Crippen LogP contribution in [-0.2, 0) is 0 Å². The van der Waals surface area contributed by atoms with Crippen LogP contribution in [0.4, 0.5) is 5.69 Å². The molecule has 0 amide bonds. The van der Waals surface area contributed by atoms with E-state index in [-0.39, 0.29) is 17.0 Å². The van der Waals surface area contributed by atoms with Crippen molar-refractivity contribution in [1.29, 1.82) is 0 Å². The van der Waals surface area contributed by atoms with E-state index in [0.717, 1.165) is 11.4 Å².